The van der Waals surface area contributed by atoms with Gasteiger partial charge in [0.2, 0.25) is 5.54 Å². The zero-order chi connectivity index (χ0) is 37.1. The first-order valence-electron chi connectivity index (χ1n) is 15.8. The van der Waals surface area contributed by atoms with E-state index >= 15 is 0 Å². The SMILES string of the molecule is CCOC(=O)[C@]1(COC(=O)Cc2ccc(NC(=O)c3ccccc3-c3ccc(C(F)(F)F)cc3)c(C(=O)N(C)C)c2)c2ccccc2C(=O)N1C. The number of fused-ring (bicyclic) bond motifs is 1. The van der Waals surface area contributed by atoms with E-state index in [1.807, 2.05) is 0 Å². The summed E-state index contributed by atoms with van der Waals surface area (Å²) in [5.74, 6) is -3.04. The molecule has 5 rings (SSSR count). The number of ether oxygens (including phenoxy) is 2. The van der Waals surface area contributed by atoms with Gasteiger partial charge in [-0.1, -0.05) is 54.6 Å². The molecule has 1 aliphatic rings. The van der Waals surface area contributed by atoms with Crippen LogP contribution in [0.5, 0.6) is 0 Å². The van der Waals surface area contributed by atoms with Crippen molar-refractivity contribution >= 4 is 35.3 Å². The minimum absolute atomic E-state index is 0.0327. The molecular formula is C38H34F3N3O7. The maximum absolute atomic E-state index is 13.6. The highest BCUT2D eigenvalue weighted by atomic mass is 19.4. The van der Waals surface area contributed by atoms with Crippen LogP contribution in [0.4, 0.5) is 18.9 Å². The third-order valence-electron chi connectivity index (χ3n) is 8.55. The smallest absolute Gasteiger partial charge is 0.416 e. The van der Waals surface area contributed by atoms with Gasteiger partial charge in [-0.05, 0) is 60.0 Å². The monoisotopic (exact) mass is 701 g/mol. The summed E-state index contributed by atoms with van der Waals surface area (Å²) in [4.78, 5) is 68.8. The number of esters is 2. The highest BCUT2D eigenvalue weighted by Gasteiger charge is 2.55. The topological polar surface area (TPSA) is 122 Å². The van der Waals surface area contributed by atoms with E-state index in [1.165, 1.54) is 67.3 Å². The van der Waals surface area contributed by atoms with Gasteiger partial charge in [-0.2, -0.15) is 13.2 Å². The Morgan fingerprint density at radius 2 is 1.49 bits per heavy atom. The van der Waals surface area contributed by atoms with Gasteiger partial charge in [0.25, 0.3) is 17.7 Å². The number of likely N-dealkylation sites (N-methyl/N-ethyl adjacent to an activating group) is 1. The molecule has 0 spiro atoms. The van der Waals surface area contributed by atoms with Crippen LogP contribution < -0.4 is 5.32 Å². The number of hydrogen-bond donors (Lipinski definition) is 1. The Morgan fingerprint density at radius 1 is 0.843 bits per heavy atom. The van der Waals surface area contributed by atoms with Crippen molar-refractivity contribution in [3.05, 3.63) is 124 Å². The van der Waals surface area contributed by atoms with E-state index in [1.54, 1.807) is 49.4 Å². The molecule has 10 nitrogen and oxygen atoms in total. The predicted molar refractivity (Wildman–Crippen MR) is 181 cm³/mol. The number of anilines is 1. The van der Waals surface area contributed by atoms with Crippen molar-refractivity contribution in [1.29, 1.82) is 0 Å². The maximum Gasteiger partial charge on any atom is 0.416 e. The summed E-state index contributed by atoms with van der Waals surface area (Å²) in [6.07, 6.45) is -4.84. The molecule has 0 aromatic heterocycles. The number of alkyl halides is 3. The molecule has 1 heterocycles. The van der Waals surface area contributed by atoms with Crippen LogP contribution in [-0.4, -0.2) is 73.8 Å². The molecule has 13 heteroatoms. The van der Waals surface area contributed by atoms with E-state index in [9.17, 15) is 37.1 Å². The number of nitrogens with one attached hydrogen (secondary N) is 1. The number of halogens is 3. The van der Waals surface area contributed by atoms with Gasteiger partial charge in [-0.15, -0.1) is 0 Å². The van der Waals surface area contributed by atoms with Crippen molar-refractivity contribution < 1.29 is 46.6 Å². The molecule has 0 aliphatic carbocycles. The molecule has 3 amide bonds. The second kappa shape index (κ2) is 14.5. The molecule has 0 radical (unpaired) electrons. The Balaban J connectivity index is 1.38. The lowest BCUT2D eigenvalue weighted by molar-refractivity contribution is -0.164. The molecule has 0 saturated heterocycles. The summed E-state index contributed by atoms with van der Waals surface area (Å²) in [5.41, 5.74) is -0.431. The highest BCUT2D eigenvalue weighted by Crippen LogP contribution is 2.40. The zero-order valence-corrected chi connectivity index (χ0v) is 28.2. The average molecular weight is 702 g/mol. The largest absolute Gasteiger partial charge is 0.464 e. The van der Waals surface area contributed by atoms with E-state index < -0.39 is 53.5 Å². The van der Waals surface area contributed by atoms with Crippen molar-refractivity contribution in [2.24, 2.45) is 0 Å². The van der Waals surface area contributed by atoms with Crippen molar-refractivity contribution in [3.63, 3.8) is 0 Å². The highest BCUT2D eigenvalue weighted by molar-refractivity contribution is 6.12. The predicted octanol–water partition coefficient (Wildman–Crippen LogP) is 5.96. The van der Waals surface area contributed by atoms with Gasteiger partial charge >= 0.3 is 18.1 Å². The Morgan fingerprint density at radius 3 is 2.14 bits per heavy atom. The summed E-state index contributed by atoms with van der Waals surface area (Å²) in [6, 6.07) is 21.7. The van der Waals surface area contributed by atoms with E-state index in [-0.39, 0.29) is 35.4 Å². The molecule has 0 bridgehead atoms. The first kappa shape index (κ1) is 36.3. The summed E-state index contributed by atoms with van der Waals surface area (Å²) < 4.78 is 50.3. The number of carbonyl (C=O) groups excluding carboxylic acids is 5. The lowest BCUT2D eigenvalue weighted by Crippen LogP contribution is -2.52. The van der Waals surface area contributed by atoms with Crippen LogP contribution in [-0.2, 0) is 37.2 Å². The van der Waals surface area contributed by atoms with Crippen molar-refractivity contribution in [3.8, 4) is 11.1 Å². The Hall–Kier alpha value is -5.98. The van der Waals surface area contributed by atoms with Crippen LogP contribution in [0.3, 0.4) is 0 Å². The van der Waals surface area contributed by atoms with Gasteiger partial charge in [0.1, 0.15) is 6.61 Å². The molecule has 51 heavy (non-hydrogen) atoms. The number of carbonyl (C=O) groups is 5. The fourth-order valence-corrected chi connectivity index (χ4v) is 5.89. The number of benzene rings is 4. The lowest BCUT2D eigenvalue weighted by atomic mass is 9.90. The number of amides is 3. The zero-order valence-electron chi connectivity index (χ0n) is 28.2. The standard InChI is InChI=1S/C38H34F3N3O7/c1-5-50-36(49)37(30-13-9-8-12-28(30)35(48)44(37)4)22-51-32(45)21-23-14-19-31(29(20-23)34(47)43(2)3)42-33(46)27-11-7-6-10-26(27)24-15-17-25(18-16-24)38(39,40)41/h6-20H,5,21-22H2,1-4H3,(H,42,46)/t37-/m0/s1. The third-order valence-corrected chi connectivity index (χ3v) is 8.55. The molecule has 1 atom stereocenters. The summed E-state index contributed by atoms with van der Waals surface area (Å²) in [5, 5.41) is 2.73. The van der Waals surface area contributed by atoms with Crippen LogP contribution in [0.2, 0.25) is 0 Å². The van der Waals surface area contributed by atoms with E-state index in [0.717, 1.165) is 12.1 Å². The molecule has 4 aromatic carbocycles. The molecular weight excluding hydrogens is 667 g/mol. The maximum atomic E-state index is 13.6. The number of nitrogens with zero attached hydrogens (tertiary/aromatic N) is 2. The van der Waals surface area contributed by atoms with Gasteiger partial charge in [-0.3, -0.25) is 19.2 Å². The summed E-state index contributed by atoms with van der Waals surface area (Å²) in [7, 11) is 4.46. The van der Waals surface area contributed by atoms with Crippen molar-refractivity contribution in [1.82, 2.24) is 9.80 Å². The quantitative estimate of drug-likeness (QED) is 0.203. The van der Waals surface area contributed by atoms with Crippen LogP contribution in [0.15, 0.2) is 91.0 Å². The Kier molecular flexibility index (Phi) is 10.3. The second-order valence-electron chi connectivity index (χ2n) is 12.0. The fraction of sp³-hybridized carbons (Fsp3) is 0.237. The van der Waals surface area contributed by atoms with Crippen LogP contribution in [0, 0.1) is 0 Å². The first-order chi connectivity index (χ1) is 24.2. The second-order valence-corrected chi connectivity index (χ2v) is 12.0. The molecule has 1 aliphatic heterocycles. The molecule has 0 saturated carbocycles. The van der Waals surface area contributed by atoms with Crippen LogP contribution in [0.1, 0.15) is 54.7 Å². The van der Waals surface area contributed by atoms with Gasteiger partial charge in [0.05, 0.1) is 29.8 Å². The summed E-state index contributed by atoms with van der Waals surface area (Å²) in [6.45, 7) is 1.14. The minimum Gasteiger partial charge on any atom is -0.464 e. The Bertz CT molecular complexity index is 2010. The molecule has 0 fully saturated rings. The number of rotatable bonds is 10. The van der Waals surface area contributed by atoms with Gasteiger partial charge < -0.3 is 24.6 Å². The molecule has 0 unspecified atom stereocenters. The molecule has 1 N–H and O–H groups in total. The van der Waals surface area contributed by atoms with E-state index in [4.69, 9.17) is 9.47 Å². The van der Waals surface area contributed by atoms with E-state index in [0.29, 0.717) is 22.3 Å². The number of hydrogen-bond acceptors (Lipinski definition) is 7. The molecule has 264 valence electrons. The van der Waals surface area contributed by atoms with Crippen molar-refractivity contribution in [2.75, 3.05) is 39.7 Å². The normalized spacial score (nSPS) is 15.2. The first-order valence-corrected chi connectivity index (χ1v) is 15.8. The third kappa shape index (κ3) is 7.18. The lowest BCUT2D eigenvalue weighted by Gasteiger charge is -2.33. The van der Waals surface area contributed by atoms with E-state index in [2.05, 4.69) is 5.32 Å². The Labute approximate surface area is 291 Å². The van der Waals surface area contributed by atoms with Crippen molar-refractivity contribution in [2.45, 2.75) is 25.1 Å². The molecule has 4 aromatic rings. The fourth-order valence-electron chi connectivity index (χ4n) is 5.89. The van der Waals surface area contributed by atoms with Gasteiger partial charge in [0, 0.05) is 37.8 Å². The summed E-state index contributed by atoms with van der Waals surface area (Å²) >= 11 is 0. The average Bonchev–Trinajstić information content (AvgIpc) is 3.33. The van der Waals surface area contributed by atoms with Crippen LogP contribution >= 0.6 is 0 Å². The van der Waals surface area contributed by atoms with Gasteiger partial charge in [0.15, 0.2) is 0 Å². The minimum atomic E-state index is -4.52. The van der Waals surface area contributed by atoms with Gasteiger partial charge in [-0.25, -0.2) is 4.79 Å². The van der Waals surface area contributed by atoms with Crippen LogP contribution in [0.25, 0.3) is 11.1 Å².